The molecule has 0 amide bonds. The Morgan fingerprint density at radius 3 is 2.13 bits per heavy atom. The fourth-order valence-electron chi connectivity index (χ4n) is 2.53. The summed E-state index contributed by atoms with van der Waals surface area (Å²) >= 11 is 0. The number of hydrogen-bond acceptors (Lipinski definition) is 3. The molecule has 23 heavy (non-hydrogen) atoms. The highest BCUT2D eigenvalue weighted by atomic mass is 14.8. The third kappa shape index (κ3) is 3.24. The Labute approximate surface area is 137 Å². The van der Waals surface area contributed by atoms with E-state index >= 15 is 0 Å². The van der Waals surface area contributed by atoms with Gasteiger partial charge >= 0.3 is 0 Å². The molecular formula is C20H21N3. The first-order valence-electron chi connectivity index (χ1n) is 7.73. The van der Waals surface area contributed by atoms with Gasteiger partial charge in [-0.1, -0.05) is 63.2 Å². The van der Waals surface area contributed by atoms with Crippen LogP contribution in [0.2, 0.25) is 0 Å². The smallest absolute Gasteiger partial charge is 0.116 e. The molecule has 3 rings (SSSR count). The van der Waals surface area contributed by atoms with Gasteiger partial charge in [-0.3, -0.25) is 0 Å². The van der Waals surface area contributed by atoms with Crippen LogP contribution in [-0.2, 0) is 5.41 Å². The molecule has 0 bridgehead atoms. The van der Waals surface area contributed by atoms with E-state index in [1.165, 1.54) is 5.56 Å². The average molecular weight is 303 g/mol. The fraction of sp³-hybridized carbons (Fsp3) is 0.200. The molecule has 1 aromatic heterocycles. The van der Waals surface area contributed by atoms with Crippen LogP contribution in [0.3, 0.4) is 0 Å². The van der Waals surface area contributed by atoms with Crippen molar-refractivity contribution in [3.63, 3.8) is 0 Å². The summed E-state index contributed by atoms with van der Waals surface area (Å²) in [5.74, 6) is 0. The normalized spacial score (nSPS) is 11.4. The molecule has 0 aliphatic heterocycles. The summed E-state index contributed by atoms with van der Waals surface area (Å²) in [5.41, 5.74) is 12.0. The maximum atomic E-state index is 6.05. The van der Waals surface area contributed by atoms with Crippen molar-refractivity contribution >= 4 is 5.69 Å². The van der Waals surface area contributed by atoms with Crippen LogP contribution in [0.15, 0.2) is 60.9 Å². The Balaban J connectivity index is 1.99. The van der Waals surface area contributed by atoms with Crippen LogP contribution in [-0.4, -0.2) is 9.97 Å². The Morgan fingerprint density at radius 2 is 1.48 bits per heavy atom. The summed E-state index contributed by atoms with van der Waals surface area (Å²) in [6, 6.07) is 18.3. The quantitative estimate of drug-likeness (QED) is 0.699. The molecule has 3 heteroatoms. The van der Waals surface area contributed by atoms with E-state index in [1.54, 1.807) is 6.33 Å². The summed E-state index contributed by atoms with van der Waals surface area (Å²) in [5, 5.41) is 0. The molecule has 0 atom stereocenters. The molecule has 0 spiro atoms. The van der Waals surface area contributed by atoms with Gasteiger partial charge in [0.05, 0.1) is 11.4 Å². The summed E-state index contributed by atoms with van der Waals surface area (Å²) < 4.78 is 0. The largest absolute Gasteiger partial charge is 0.398 e. The molecule has 0 aliphatic carbocycles. The highest BCUT2D eigenvalue weighted by molar-refractivity contribution is 5.76. The molecule has 2 N–H and O–H groups in total. The second kappa shape index (κ2) is 5.84. The van der Waals surface area contributed by atoms with E-state index < -0.39 is 0 Å². The molecule has 116 valence electrons. The minimum Gasteiger partial charge on any atom is -0.398 e. The van der Waals surface area contributed by atoms with E-state index in [0.717, 1.165) is 28.2 Å². The number of anilines is 1. The minimum absolute atomic E-state index is 0.147. The van der Waals surface area contributed by atoms with Gasteiger partial charge in [-0.15, -0.1) is 0 Å². The number of nitrogens with two attached hydrogens (primary N) is 1. The highest BCUT2D eigenvalue weighted by Gasteiger charge is 2.13. The lowest BCUT2D eigenvalue weighted by molar-refractivity contribution is 0.590. The van der Waals surface area contributed by atoms with Gasteiger partial charge < -0.3 is 5.73 Å². The van der Waals surface area contributed by atoms with Crippen LogP contribution in [0, 0.1) is 0 Å². The van der Waals surface area contributed by atoms with E-state index in [2.05, 4.69) is 55.0 Å². The van der Waals surface area contributed by atoms with Gasteiger partial charge in [0.2, 0.25) is 0 Å². The third-order valence-corrected chi connectivity index (χ3v) is 3.95. The minimum atomic E-state index is 0.147. The van der Waals surface area contributed by atoms with Crippen LogP contribution in [0.25, 0.3) is 22.5 Å². The maximum Gasteiger partial charge on any atom is 0.116 e. The lowest BCUT2D eigenvalue weighted by atomic mass is 9.86. The van der Waals surface area contributed by atoms with E-state index in [9.17, 15) is 0 Å². The SMILES string of the molecule is CC(C)(C)c1ccc(-c2cc(-c3ccccc3N)ncn2)cc1. The third-order valence-electron chi connectivity index (χ3n) is 3.95. The van der Waals surface area contributed by atoms with Crippen LogP contribution >= 0.6 is 0 Å². The van der Waals surface area contributed by atoms with E-state index in [0.29, 0.717) is 0 Å². The number of hydrogen-bond donors (Lipinski definition) is 1. The highest BCUT2D eigenvalue weighted by Crippen LogP contribution is 2.28. The van der Waals surface area contributed by atoms with Gasteiger partial charge in [0.25, 0.3) is 0 Å². The fourth-order valence-corrected chi connectivity index (χ4v) is 2.53. The van der Waals surface area contributed by atoms with Crippen LogP contribution in [0.4, 0.5) is 5.69 Å². The van der Waals surface area contributed by atoms with Crippen molar-refractivity contribution in [2.45, 2.75) is 26.2 Å². The van der Waals surface area contributed by atoms with Gasteiger partial charge in [-0.25, -0.2) is 9.97 Å². The van der Waals surface area contributed by atoms with Gasteiger partial charge in [0.1, 0.15) is 6.33 Å². The van der Waals surface area contributed by atoms with Crippen molar-refractivity contribution in [3.8, 4) is 22.5 Å². The van der Waals surface area contributed by atoms with Crippen molar-refractivity contribution in [1.82, 2.24) is 9.97 Å². The summed E-state index contributed by atoms with van der Waals surface area (Å²) in [6.07, 6.45) is 1.59. The second-order valence-electron chi connectivity index (χ2n) is 6.70. The molecular weight excluding hydrogens is 282 g/mol. The van der Waals surface area contributed by atoms with Crippen molar-refractivity contribution in [2.75, 3.05) is 5.73 Å². The summed E-state index contributed by atoms with van der Waals surface area (Å²) in [4.78, 5) is 8.77. The zero-order valence-electron chi connectivity index (χ0n) is 13.7. The molecule has 0 unspecified atom stereocenters. The van der Waals surface area contributed by atoms with E-state index in [4.69, 9.17) is 5.73 Å². The van der Waals surface area contributed by atoms with Gasteiger partial charge in [-0.05, 0) is 23.1 Å². The van der Waals surface area contributed by atoms with Crippen molar-refractivity contribution < 1.29 is 0 Å². The Morgan fingerprint density at radius 1 is 0.826 bits per heavy atom. The van der Waals surface area contributed by atoms with Gasteiger partial charge in [0, 0.05) is 16.8 Å². The van der Waals surface area contributed by atoms with E-state index in [1.807, 2.05) is 30.3 Å². The first kappa shape index (κ1) is 15.2. The number of nitrogen functional groups attached to an aromatic ring is 1. The molecule has 0 saturated carbocycles. The first-order valence-corrected chi connectivity index (χ1v) is 7.73. The molecule has 0 radical (unpaired) electrons. The van der Waals surface area contributed by atoms with Crippen LogP contribution in [0.5, 0.6) is 0 Å². The Bertz CT molecular complexity index is 815. The number of para-hydroxylation sites is 1. The second-order valence-corrected chi connectivity index (χ2v) is 6.70. The Hall–Kier alpha value is -2.68. The van der Waals surface area contributed by atoms with E-state index in [-0.39, 0.29) is 5.41 Å². The van der Waals surface area contributed by atoms with Crippen molar-refractivity contribution in [1.29, 1.82) is 0 Å². The summed E-state index contributed by atoms with van der Waals surface area (Å²) in [7, 11) is 0. The number of rotatable bonds is 2. The molecule has 2 aromatic carbocycles. The molecule has 3 nitrogen and oxygen atoms in total. The zero-order chi connectivity index (χ0) is 16.4. The molecule has 0 aliphatic rings. The van der Waals surface area contributed by atoms with Crippen molar-refractivity contribution in [3.05, 3.63) is 66.5 Å². The Kier molecular flexibility index (Phi) is 3.87. The number of benzene rings is 2. The van der Waals surface area contributed by atoms with Crippen LogP contribution < -0.4 is 5.73 Å². The van der Waals surface area contributed by atoms with Crippen LogP contribution in [0.1, 0.15) is 26.3 Å². The predicted octanol–water partition coefficient (Wildman–Crippen LogP) is 4.69. The predicted molar refractivity (Wildman–Crippen MR) is 96.0 cm³/mol. The topological polar surface area (TPSA) is 51.8 Å². The number of aromatic nitrogens is 2. The maximum absolute atomic E-state index is 6.05. The molecule has 0 fully saturated rings. The molecule has 0 saturated heterocycles. The van der Waals surface area contributed by atoms with Crippen molar-refractivity contribution in [2.24, 2.45) is 0 Å². The first-order chi connectivity index (χ1) is 10.9. The molecule has 3 aromatic rings. The summed E-state index contributed by atoms with van der Waals surface area (Å²) in [6.45, 7) is 6.63. The van der Waals surface area contributed by atoms with Gasteiger partial charge in [0.15, 0.2) is 0 Å². The molecule has 1 heterocycles. The standard InChI is InChI=1S/C20H21N3/c1-20(2,3)15-10-8-14(9-11-15)18-12-19(23-13-22-18)16-6-4-5-7-17(16)21/h4-13H,21H2,1-3H3. The number of nitrogens with zero attached hydrogens (tertiary/aromatic N) is 2. The lowest BCUT2D eigenvalue weighted by Gasteiger charge is -2.19. The average Bonchev–Trinajstić information content (AvgIpc) is 2.55. The monoisotopic (exact) mass is 303 g/mol. The zero-order valence-corrected chi connectivity index (χ0v) is 13.7. The van der Waals surface area contributed by atoms with Gasteiger partial charge in [-0.2, -0.15) is 0 Å². The lowest BCUT2D eigenvalue weighted by Crippen LogP contribution is -2.10.